The fourth-order valence-electron chi connectivity index (χ4n) is 2.78. The minimum absolute atomic E-state index is 0.00617. The summed E-state index contributed by atoms with van der Waals surface area (Å²) in [5, 5.41) is 2.95. The second kappa shape index (κ2) is 7.53. The van der Waals surface area contributed by atoms with E-state index in [1.54, 1.807) is 12.1 Å². The predicted molar refractivity (Wildman–Crippen MR) is 92.1 cm³/mol. The Bertz CT molecular complexity index is 747. The van der Waals surface area contributed by atoms with E-state index in [2.05, 4.69) is 5.32 Å². The first kappa shape index (κ1) is 17.2. The molecule has 6 heteroatoms. The van der Waals surface area contributed by atoms with Crippen LogP contribution in [0.5, 0.6) is 11.5 Å². The number of benzene rings is 2. The lowest BCUT2D eigenvalue weighted by atomic mass is 10.0. The van der Waals surface area contributed by atoms with Gasteiger partial charge in [0.15, 0.2) is 11.5 Å². The van der Waals surface area contributed by atoms with Crippen molar-refractivity contribution in [3.8, 4) is 11.5 Å². The van der Waals surface area contributed by atoms with Gasteiger partial charge in [0.2, 0.25) is 12.7 Å². The summed E-state index contributed by atoms with van der Waals surface area (Å²) in [6, 6.07) is 11.8. The lowest BCUT2D eigenvalue weighted by molar-refractivity contribution is -0.120. The Hall–Kier alpha value is -2.60. The highest BCUT2D eigenvalue weighted by molar-refractivity contribution is 5.78. The molecule has 1 heterocycles. The number of fused-ring (bicyclic) bond motifs is 1. The van der Waals surface area contributed by atoms with E-state index < -0.39 is 0 Å². The van der Waals surface area contributed by atoms with Gasteiger partial charge in [-0.05, 0) is 49.5 Å². The van der Waals surface area contributed by atoms with Gasteiger partial charge in [0.1, 0.15) is 5.82 Å². The van der Waals surface area contributed by atoms with Gasteiger partial charge in [0, 0.05) is 6.54 Å². The Labute approximate surface area is 146 Å². The highest BCUT2D eigenvalue weighted by Gasteiger charge is 2.20. The van der Waals surface area contributed by atoms with Crippen LogP contribution in [0.4, 0.5) is 4.39 Å². The first-order chi connectivity index (χ1) is 12.0. The maximum atomic E-state index is 12.9. The van der Waals surface area contributed by atoms with E-state index in [1.807, 2.05) is 37.2 Å². The molecular formula is C19H21FN2O3. The third-order valence-electron chi connectivity index (χ3n) is 4.18. The number of halogens is 1. The van der Waals surface area contributed by atoms with Gasteiger partial charge in [-0.3, -0.25) is 4.79 Å². The molecule has 0 bridgehead atoms. The van der Waals surface area contributed by atoms with Gasteiger partial charge in [-0.2, -0.15) is 0 Å². The van der Waals surface area contributed by atoms with Crippen LogP contribution in [0.25, 0.3) is 0 Å². The normalized spacial score (nSPS) is 13.8. The SMILES string of the molecule is CN(C)[C@@H](CNC(=O)Cc1ccc(F)cc1)c1ccc2c(c1)OCO2. The number of carbonyl (C=O) groups is 1. The number of rotatable bonds is 6. The summed E-state index contributed by atoms with van der Waals surface area (Å²) in [7, 11) is 3.92. The van der Waals surface area contributed by atoms with Crippen molar-refractivity contribution >= 4 is 5.91 Å². The van der Waals surface area contributed by atoms with Crippen molar-refractivity contribution in [3.05, 3.63) is 59.4 Å². The zero-order valence-corrected chi connectivity index (χ0v) is 14.3. The molecule has 0 fully saturated rings. The monoisotopic (exact) mass is 344 g/mol. The molecule has 3 rings (SSSR count). The summed E-state index contributed by atoms with van der Waals surface area (Å²) < 4.78 is 23.7. The van der Waals surface area contributed by atoms with Gasteiger partial charge in [0.05, 0.1) is 12.5 Å². The zero-order chi connectivity index (χ0) is 17.8. The van der Waals surface area contributed by atoms with Crippen molar-refractivity contribution in [3.63, 3.8) is 0 Å². The minimum Gasteiger partial charge on any atom is -0.454 e. The fraction of sp³-hybridized carbons (Fsp3) is 0.316. The van der Waals surface area contributed by atoms with Crippen LogP contribution in [0.3, 0.4) is 0 Å². The minimum atomic E-state index is -0.306. The van der Waals surface area contributed by atoms with Crippen LogP contribution in [0.15, 0.2) is 42.5 Å². The van der Waals surface area contributed by atoms with Crippen LogP contribution in [0, 0.1) is 5.82 Å². The van der Waals surface area contributed by atoms with Gasteiger partial charge >= 0.3 is 0 Å². The maximum Gasteiger partial charge on any atom is 0.231 e. The molecule has 2 aromatic rings. The summed E-state index contributed by atoms with van der Waals surface area (Å²) in [6.07, 6.45) is 0.224. The van der Waals surface area contributed by atoms with E-state index in [9.17, 15) is 9.18 Å². The molecule has 1 N–H and O–H groups in total. The van der Waals surface area contributed by atoms with E-state index in [1.165, 1.54) is 12.1 Å². The molecule has 0 radical (unpaired) electrons. The summed E-state index contributed by atoms with van der Waals surface area (Å²) in [5.74, 6) is 1.06. The number of ether oxygens (including phenoxy) is 2. The topological polar surface area (TPSA) is 50.8 Å². The summed E-state index contributed by atoms with van der Waals surface area (Å²) in [5.41, 5.74) is 1.82. The Morgan fingerprint density at radius 2 is 1.88 bits per heavy atom. The molecule has 1 aliphatic rings. The van der Waals surface area contributed by atoms with Gasteiger partial charge in [-0.25, -0.2) is 4.39 Å². The van der Waals surface area contributed by atoms with Crippen molar-refractivity contribution in [2.75, 3.05) is 27.4 Å². The Morgan fingerprint density at radius 1 is 1.16 bits per heavy atom. The highest BCUT2D eigenvalue weighted by atomic mass is 19.1. The molecule has 0 aliphatic carbocycles. The quantitative estimate of drug-likeness (QED) is 0.875. The predicted octanol–water partition coefficient (Wildman–Crippen LogP) is 2.52. The van der Waals surface area contributed by atoms with Crippen molar-refractivity contribution < 1.29 is 18.7 Å². The number of hydrogen-bond donors (Lipinski definition) is 1. The third-order valence-corrected chi connectivity index (χ3v) is 4.18. The average molecular weight is 344 g/mol. The van der Waals surface area contributed by atoms with Crippen LogP contribution < -0.4 is 14.8 Å². The molecule has 1 aliphatic heterocycles. The van der Waals surface area contributed by atoms with E-state index in [0.717, 1.165) is 22.6 Å². The molecule has 0 saturated heterocycles. The highest BCUT2D eigenvalue weighted by Crippen LogP contribution is 2.34. The smallest absolute Gasteiger partial charge is 0.231 e. The largest absolute Gasteiger partial charge is 0.454 e. The number of nitrogens with one attached hydrogen (secondary N) is 1. The molecule has 132 valence electrons. The second-order valence-electron chi connectivity index (χ2n) is 6.20. The molecule has 2 aromatic carbocycles. The van der Waals surface area contributed by atoms with Crippen LogP contribution >= 0.6 is 0 Å². The standard InChI is InChI=1S/C19H21FN2O3/c1-22(2)16(14-5-8-17-18(10-14)25-12-24-17)11-21-19(23)9-13-3-6-15(20)7-4-13/h3-8,10,16H,9,11-12H2,1-2H3,(H,21,23)/t16-/m0/s1. The average Bonchev–Trinajstić information content (AvgIpc) is 3.04. The van der Waals surface area contributed by atoms with Crippen LogP contribution in [-0.4, -0.2) is 38.2 Å². The van der Waals surface area contributed by atoms with Crippen molar-refractivity contribution in [1.29, 1.82) is 0 Å². The van der Waals surface area contributed by atoms with Crippen LogP contribution in [0.1, 0.15) is 17.2 Å². The van der Waals surface area contributed by atoms with Gasteiger partial charge in [-0.15, -0.1) is 0 Å². The zero-order valence-electron chi connectivity index (χ0n) is 14.3. The van der Waals surface area contributed by atoms with Crippen LogP contribution in [-0.2, 0) is 11.2 Å². The summed E-state index contributed by atoms with van der Waals surface area (Å²) in [6.45, 7) is 0.701. The van der Waals surface area contributed by atoms with E-state index >= 15 is 0 Å². The Kier molecular flexibility index (Phi) is 5.19. The lowest BCUT2D eigenvalue weighted by Gasteiger charge is -2.25. The Balaban J connectivity index is 1.62. The molecular weight excluding hydrogens is 323 g/mol. The van der Waals surface area contributed by atoms with E-state index in [4.69, 9.17) is 9.47 Å². The molecule has 25 heavy (non-hydrogen) atoms. The van der Waals surface area contributed by atoms with E-state index in [0.29, 0.717) is 6.54 Å². The molecule has 1 atom stereocenters. The molecule has 0 unspecified atom stereocenters. The third kappa shape index (κ3) is 4.28. The summed E-state index contributed by atoms with van der Waals surface area (Å²) >= 11 is 0. The van der Waals surface area contributed by atoms with Gasteiger partial charge in [0.25, 0.3) is 0 Å². The number of nitrogens with zero attached hydrogens (tertiary/aromatic N) is 1. The van der Waals surface area contributed by atoms with Crippen LogP contribution in [0.2, 0.25) is 0 Å². The summed E-state index contributed by atoms with van der Waals surface area (Å²) in [4.78, 5) is 14.2. The van der Waals surface area contributed by atoms with Crippen molar-refractivity contribution in [2.45, 2.75) is 12.5 Å². The first-order valence-electron chi connectivity index (χ1n) is 8.10. The molecule has 0 saturated carbocycles. The number of likely N-dealkylation sites (N-methyl/N-ethyl adjacent to an activating group) is 1. The van der Waals surface area contributed by atoms with Gasteiger partial charge in [-0.1, -0.05) is 18.2 Å². The first-order valence-corrected chi connectivity index (χ1v) is 8.10. The number of amides is 1. The molecule has 5 nitrogen and oxygen atoms in total. The number of hydrogen-bond acceptors (Lipinski definition) is 4. The Morgan fingerprint density at radius 3 is 2.60 bits per heavy atom. The lowest BCUT2D eigenvalue weighted by Crippen LogP contribution is -2.35. The molecule has 0 aromatic heterocycles. The fourth-order valence-corrected chi connectivity index (χ4v) is 2.78. The molecule has 0 spiro atoms. The maximum absolute atomic E-state index is 12.9. The second-order valence-corrected chi connectivity index (χ2v) is 6.20. The number of carbonyl (C=O) groups excluding carboxylic acids is 1. The van der Waals surface area contributed by atoms with Crippen molar-refractivity contribution in [1.82, 2.24) is 10.2 Å². The van der Waals surface area contributed by atoms with E-state index in [-0.39, 0.29) is 31.0 Å². The van der Waals surface area contributed by atoms with Crippen molar-refractivity contribution in [2.24, 2.45) is 0 Å². The molecule has 1 amide bonds. The van der Waals surface area contributed by atoms with Gasteiger partial charge < -0.3 is 19.7 Å².